The van der Waals surface area contributed by atoms with Gasteiger partial charge in [-0.1, -0.05) is 0 Å². The molecule has 0 spiro atoms. The van der Waals surface area contributed by atoms with Gasteiger partial charge in [-0.3, -0.25) is 4.79 Å². The average Bonchev–Trinajstić information content (AvgIpc) is 2.72. The number of carboxylic acid groups (broad SMARTS) is 1. The fraction of sp³-hybridized carbons (Fsp3) is 0.417. The molecule has 1 N–H and O–H groups in total. The van der Waals surface area contributed by atoms with Crippen molar-refractivity contribution >= 4 is 16.0 Å². The number of rotatable bonds is 3. The SMILES string of the molecule is CC1CCC(C(=O)O)N1S(=O)(=O)c1ccc(F)cc1. The molecule has 104 valence electrons. The van der Waals surface area contributed by atoms with E-state index >= 15 is 0 Å². The van der Waals surface area contributed by atoms with Crippen molar-refractivity contribution in [1.82, 2.24) is 4.31 Å². The van der Waals surface area contributed by atoms with Crippen LogP contribution in [-0.4, -0.2) is 35.9 Å². The Kier molecular flexibility index (Phi) is 3.60. The Bertz CT molecular complexity index is 584. The Hall–Kier alpha value is -1.47. The minimum Gasteiger partial charge on any atom is -0.480 e. The van der Waals surface area contributed by atoms with E-state index in [0.29, 0.717) is 6.42 Å². The molecule has 1 aliphatic rings. The fourth-order valence-corrected chi connectivity index (χ4v) is 4.16. The van der Waals surface area contributed by atoms with Crippen LogP contribution in [0.4, 0.5) is 4.39 Å². The summed E-state index contributed by atoms with van der Waals surface area (Å²) in [6.45, 7) is 1.67. The van der Waals surface area contributed by atoms with E-state index < -0.39 is 27.9 Å². The summed E-state index contributed by atoms with van der Waals surface area (Å²) in [6, 6.07) is 2.96. The first-order chi connectivity index (χ1) is 8.84. The third-order valence-electron chi connectivity index (χ3n) is 3.27. The normalized spacial score (nSPS) is 24.5. The van der Waals surface area contributed by atoms with Gasteiger partial charge in [0.25, 0.3) is 0 Å². The Morgan fingerprint density at radius 1 is 1.32 bits per heavy atom. The van der Waals surface area contributed by atoms with Gasteiger partial charge in [0.2, 0.25) is 10.0 Å². The number of nitrogens with zero attached hydrogens (tertiary/aromatic N) is 1. The van der Waals surface area contributed by atoms with Gasteiger partial charge in [0.05, 0.1) is 4.90 Å². The Morgan fingerprint density at radius 3 is 2.42 bits per heavy atom. The second kappa shape index (κ2) is 4.90. The molecular formula is C12H14FNO4S. The van der Waals surface area contributed by atoms with Crippen LogP contribution < -0.4 is 0 Å². The van der Waals surface area contributed by atoms with Crippen LogP contribution in [0.15, 0.2) is 29.2 Å². The minimum absolute atomic E-state index is 0.0890. The van der Waals surface area contributed by atoms with Crippen LogP contribution in [0.2, 0.25) is 0 Å². The Morgan fingerprint density at radius 2 is 1.89 bits per heavy atom. The van der Waals surface area contributed by atoms with Crippen LogP contribution >= 0.6 is 0 Å². The van der Waals surface area contributed by atoms with Crippen molar-refractivity contribution < 1.29 is 22.7 Å². The maximum atomic E-state index is 12.8. The highest BCUT2D eigenvalue weighted by atomic mass is 32.2. The largest absolute Gasteiger partial charge is 0.480 e. The number of carbonyl (C=O) groups is 1. The molecule has 2 atom stereocenters. The molecule has 0 saturated carbocycles. The Balaban J connectivity index is 2.43. The summed E-state index contributed by atoms with van der Waals surface area (Å²) in [5.41, 5.74) is 0. The van der Waals surface area contributed by atoms with E-state index in [1.54, 1.807) is 6.92 Å². The highest BCUT2D eigenvalue weighted by molar-refractivity contribution is 7.89. The predicted octanol–water partition coefficient (Wildman–Crippen LogP) is 1.45. The number of carboxylic acids is 1. The summed E-state index contributed by atoms with van der Waals surface area (Å²) in [4.78, 5) is 11.0. The number of sulfonamides is 1. The van der Waals surface area contributed by atoms with Crippen LogP contribution in [0, 0.1) is 5.82 Å². The maximum absolute atomic E-state index is 12.8. The molecule has 0 radical (unpaired) electrons. The Labute approximate surface area is 110 Å². The lowest BCUT2D eigenvalue weighted by atomic mass is 10.2. The molecule has 5 nitrogen and oxygen atoms in total. The van der Waals surface area contributed by atoms with Crippen LogP contribution in [0.25, 0.3) is 0 Å². The van der Waals surface area contributed by atoms with Gasteiger partial charge in [0.1, 0.15) is 11.9 Å². The van der Waals surface area contributed by atoms with Crippen molar-refractivity contribution in [2.75, 3.05) is 0 Å². The summed E-state index contributed by atoms with van der Waals surface area (Å²) in [7, 11) is -3.91. The van der Waals surface area contributed by atoms with E-state index in [0.717, 1.165) is 28.6 Å². The molecule has 0 aliphatic carbocycles. The molecule has 1 saturated heterocycles. The van der Waals surface area contributed by atoms with Gasteiger partial charge in [-0.05, 0) is 44.0 Å². The van der Waals surface area contributed by atoms with Gasteiger partial charge in [0, 0.05) is 6.04 Å². The van der Waals surface area contributed by atoms with Crippen molar-refractivity contribution in [1.29, 1.82) is 0 Å². The molecule has 19 heavy (non-hydrogen) atoms. The molecular weight excluding hydrogens is 273 g/mol. The third-order valence-corrected chi connectivity index (χ3v) is 5.31. The van der Waals surface area contributed by atoms with Crippen molar-refractivity contribution in [3.05, 3.63) is 30.1 Å². The van der Waals surface area contributed by atoms with Crippen LogP contribution in [0.1, 0.15) is 19.8 Å². The molecule has 0 bridgehead atoms. The lowest BCUT2D eigenvalue weighted by molar-refractivity contribution is -0.140. The second-order valence-electron chi connectivity index (χ2n) is 4.57. The van der Waals surface area contributed by atoms with E-state index in [1.807, 2.05) is 0 Å². The lowest BCUT2D eigenvalue weighted by Gasteiger charge is -2.25. The van der Waals surface area contributed by atoms with Crippen molar-refractivity contribution in [2.24, 2.45) is 0 Å². The number of halogens is 1. The van der Waals surface area contributed by atoms with E-state index in [4.69, 9.17) is 5.11 Å². The fourth-order valence-electron chi connectivity index (χ4n) is 2.33. The average molecular weight is 287 g/mol. The minimum atomic E-state index is -3.91. The summed E-state index contributed by atoms with van der Waals surface area (Å²) >= 11 is 0. The molecule has 2 unspecified atom stereocenters. The highest BCUT2D eigenvalue weighted by Gasteiger charge is 2.43. The first-order valence-corrected chi connectivity index (χ1v) is 7.30. The molecule has 1 aliphatic heterocycles. The predicted molar refractivity (Wildman–Crippen MR) is 65.5 cm³/mol. The van der Waals surface area contributed by atoms with Gasteiger partial charge >= 0.3 is 5.97 Å². The summed E-state index contributed by atoms with van der Waals surface area (Å²) in [5.74, 6) is -1.70. The van der Waals surface area contributed by atoms with Crippen molar-refractivity contribution in [3.63, 3.8) is 0 Å². The number of hydrogen-bond donors (Lipinski definition) is 1. The highest BCUT2D eigenvalue weighted by Crippen LogP contribution is 2.31. The zero-order valence-electron chi connectivity index (χ0n) is 10.3. The first-order valence-electron chi connectivity index (χ1n) is 5.86. The van der Waals surface area contributed by atoms with E-state index in [1.165, 1.54) is 0 Å². The monoisotopic (exact) mass is 287 g/mol. The number of aliphatic carboxylic acids is 1. The number of benzene rings is 1. The van der Waals surface area contributed by atoms with Gasteiger partial charge < -0.3 is 5.11 Å². The third kappa shape index (κ3) is 2.48. The maximum Gasteiger partial charge on any atom is 0.322 e. The second-order valence-corrected chi connectivity index (χ2v) is 6.41. The van der Waals surface area contributed by atoms with Crippen molar-refractivity contribution in [3.8, 4) is 0 Å². The molecule has 1 aromatic rings. The van der Waals surface area contributed by atoms with Crippen molar-refractivity contribution in [2.45, 2.75) is 36.7 Å². The zero-order valence-corrected chi connectivity index (χ0v) is 11.1. The number of hydrogen-bond acceptors (Lipinski definition) is 3. The van der Waals surface area contributed by atoms with E-state index in [2.05, 4.69) is 0 Å². The molecule has 7 heteroatoms. The van der Waals surface area contributed by atoms with Crippen LogP contribution in [0.5, 0.6) is 0 Å². The van der Waals surface area contributed by atoms with Crippen LogP contribution in [0.3, 0.4) is 0 Å². The molecule has 1 fully saturated rings. The molecule has 2 rings (SSSR count). The molecule has 0 aromatic heterocycles. The quantitative estimate of drug-likeness (QED) is 0.913. The summed E-state index contributed by atoms with van der Waals surface area (Å²) in [6.07, 6.45) is 0.786. The molecule has 0 amide bonds. The smallest absolute Gasteiger partial charge is 0.322 e. The van der Waals surface area contributed by atoms with Gasteiger partial charge in [-0.25, -0.2) is 12.8 Å². The van der Waals surface area contributed by atoms with Gasteiger partial charge in [0.15, 0.2) is 0 Å². The standard InChI is InChI=1S/C12H14FNO4S/c1-8-2-7-11(12(15)16)14(8)19(17,18)10-5-3-9(13)4-6-10/h3-6,8,11H,2,7H2,1H3,(H,15,16). The van der Waals surface area contributed by atoms with Crippen LogP contribution in [-0.2, 0) is 14.8 Å². The molecule has 1 heterocycles. The molecule has 1 aromatic carbocycles. The summed E-state index contributed by atoms with van der Waals surface area (Å²) < 4.78 is 38.7. The first kappa shape index (κ1) is 14.0. The van der Waals surface area contributed by atoms with Gasteiger partial charge in [-0.2, -0.15) is 4.31 Å². The van der Waals surface area contributed by atoms with E-state index in [9.17, 15) is 17.6 Å². The summed E-state index contributed by atoms with van der Waals surface area (Å²) in [5, 5.41) is 9.09. The zero-order chi connectivity index (χ0) is 14.2. The lowest BCUT2D eigenvalue weighted by Crippen LogP contribution is -2.43. The van der Waals surface area contributed by atoms with Gasteiger partial charge in [-0.15, -0.1) is 0 Å². The van der Waals surface area contributed by atoms with E-state index in [-0.39, 0.29) is 17.4 Å². The topological polar surface area (TPSA) is 74.7 Å².